The molecule has 10 heteroatoms. The molecule has 0 aromatic carbocycles. The Morgan fingerprint density at radius 1 is 1.30 bits per heavy atom. The van der Waals surface area contributed by atoms with Crippen LogP contribution in [0.5, 0.6) is 0 Å². The van der Waals surface area contributed by atoms with Crippen LogP contribution in [0.25, 0.3) is 0 Å². The Kier molecular flexibility index (Phi) is 4.85. The molecule has 1 saturated carbocycles. The largest absolute Gasteiger partial charge is 0.337 e. The van der Waals surface area contributed by atoms with E-state index in [-0.39, 0.29) is 24.4 Å². The summed E-state index contributed by atoms with van der Waals surface area (Å²) in [4.78, 5) is 21.5. The van der Waals surface area contributed by atoms with Crippen molar-refractivity contribution in [1.29, 1.82) is 0 Å². The summed E-state index contributed by atoms with van der Waals surface area (Å²) in [6, 6.07) is 0. The molecule has 2 aliphatic rings. The molecule has 1 aliphatic carbocycles. The lowest BCUT2D eigenvalue weighted by atomic mass is 10.1. The van der Waals surface area contributed by atoms with Crippen molar-refractivity contribution in [2.24, 2.45) is 0 Å². The molecule has 0 unspecified atom stereocenters. The molecule has 3 heterocycles. The highest BCUT2D eigenvalue weighted by molar-refractivity contribution is 7.89. The van der Waals surface area contributed by atoms with Crippen molar-refractivity contribution in [2.75, 3.05) is 12.3 Å². The molecule has 0 bridgehead atoms. The topological polar surface area (TPSA) is 111 Å². The maximum absolute atomic E-state index is 12.8. The third kappa shape index (κ3) is 3.55. The number of sulfonamides is 1. The molecule has 2 aromatic heterocycles. The predicted octanol–water partition coefficient (Wildman–Crippen LogP) is 1.04. The van der Waals surface area contributed by atoms with E-state index >= 15 is 0 Å². The summed E-state index contributed by atoms with van der Waals surface area (Å²) in [6.45, 7) is 2.24. The van der Waals surface area contributed by atoms with Crippen LogP contribution in [0, 0.1) is 0 Å². The monoisotopic (exact) mass is 393 g/mol. The quantitative estimate of drug-likeness (QED) is 0.746. The molecule has 1 aliphatic heterocycles. The highest BCUT2D eigenvalue weighted by atomic mass is 32.2. The minimum absolute atomic E-state index is 0.0416. The summed E-state index contributed by atoms with van der Waals surface area (Å²) in [5.41, 5.74) is 0.918. The van der Waals surface area contributed by atoms with Crippen LogP contribution in [-0.4, -0.2) is 44.7 Å². The van der Waals surface area contributed by atoms with Crippen molar-refractivity contribution in [3.8, 4) is 0 Å². The molecule has 0 radical (unpaired) electrons. The first kappa shape index (κ1) is 18.3. The second kappa shape index (κ2) is 7.16. The highest BCUT2D eigenvalue weighted by Gasteiger charge is 2.28. The van der Waals surface area contributed by atoms with Crippen LogP contribution in [0.15, 0.2) is 15.6 Å². The first-order chi connectivity index (χ1) is 13.0. The molecule has 0 atom stereocenters. The van der Waals surface area contributed by atoms with E-state index in [1.807, 2.05) is 0 Å². The van der Waals surface area contributed by atoms with Crippen molar-refractivity contribution in [3.63, 3.8) is 0 Å². The van der Waals surface area contributed by atoms with Crippen molar-refractivity contribution >= 4 is 10.0 Å². The van der Waals surface area contributed by atoms with Crippen molar-refractivity contribution in [1.82, 2.24) is 24.0 Å². The van der Waals surface area contributed by atoms with Gasteiger partial charge in [-0.1, -0.05) is 18.0 Å². The van der Waals surface area contributed by atoms with Gasteiger partial charge in [-0.2, -0.15) is 9.29 Å². The van der Waals surface area contributed by atoms with E-state index in [2.05, 4.69) is 15.1 Å². The summed E-state index contributed by atoms with van der Waals surface area (Å²) in [6.07, 6.45) is 6.33. The van der Waals surface area contributed by atoms with Crippen LogP contribution in [0.3, 0.4) is 0 Å². The number of hydrogen-bond acceptors (Lipinski definition) is 7. The van der Waals surface area contributed by atoms with Crippen LogP contribution in [0.2, 0.25) is 0 Å². The Morgan fingerprint density at radius 3 is 2.81 bits per heavy atom. The summed E-state index contributed by atoms with van der Waals surface area (Å²) in [5, 5.41) is 4.06. The van der Waals surface area contributed by atoms with Crippen LogP contribution in [-0.2, 0) is 29.5 Å². The third-order valence-electron chi connectivity index (χ3n) is 5.43. The van der Waals surface area contributed by atoms with Gasteiger partial charge in [0.25, 0.3) is 5.56 Å². The Bertz CT molecular complexity index is 991. The van der Waals surface area contributed by atoms with Crippen LogP contribution >= 0.6 is 0 Å². The van der Waals surface area contributed by atoms with Gasteiger partial charge in [-0.15, -0.1) is 0 Å². The van der Waals surface area contributed by atoms with Crippen LogP contribution in [0.4, 0.5) is 0 Å². The van der Waals surface area contributed by atoms with Gasteiger partial charge < -0.3 is 4.52 Å². The Hall–Kier alpha value is -2.07. The summed E-state index contributed by atoms with van der Waals surface area (Å²) in [5.74, 6) is 1.51. The molecule has 9 nitrogen and oxygen atoms in total. The van der Waals surface area contributed by atoms with E-state index in [0.717, 1.165) is 18.7 Å². The highest BCUT2D eigenvalue weighted by Crippen LogP contribution is 2.32. The van der Waals surface area contributed by atoms with Crippen LogP contribution in [0.1, 0.15) is 61.5 Å². The number of rotatable bonds is 5. The lowest BCUT2D eigenvalue weighted by molar-refractivity contribution is 0.358. The van der Waals surface area contributed by atoms with Gasteiger partial charge in [-0.05, 0) is 26.2 Å². The molecule has 0 amide bonds. The molecule has 4 rings (SSSR count). The summed E-state index contributed by atoms with van der Waals surface area (Å²) < 4.78 is 32.3. The van der Waals surface area contributed by atoms with Crippen molar-refractivity contribution < 1.29 is 12.9 Å². The zero-order valence-corrected chi connectivity index (χ0v) is 16.1. The molecular formula is C17H23N5O4S. The number of hydrogen-bond donors (Lipinski definition) is 0. The second-order valence-electron chi connectivity index (χ2n) is 7.11. The first-order valence-corrected chi connectivity index (χ1v) is 11.0. The average Bonchev–Trinajstić information content (AvgIpc) is 3.35. The Balaban J connectivity index is 1.54. The fraction of sp³-hybridized carbons (Fsp3) is 0.647. The SMILES string of the molecule is CCS(=O)(=O)N1CCc2c(ncn(Cc3nc(C4CCCC4)no3)c2=O)C1. The van der Waals surface area contributed by atoms with Crippen molar-refractivity contribution in [3.05, 3.63) is 39.7 Å². The fourth-order valence-corrected chi connectivity index (χ4v) is 4.85. The lowest BCUT2D eigenvalue weighted by Crippen LogP contribution is -2.41. The van der Waals surface area contributed by atoms with Crippen molar-refractivity contribution in [2.45, 2.75) is 58.0 Å². The maximum atomic E-state index is 12.8. The standard InChI is InChI=1S/C17H23N5O4S/c1-2-27(24,25)22-8-7-13-14(9-22)18-11-21(17(13)23)10-15-19-16(20-26-15)12-5-3-4-6-12/h11-12H,2-10H2,1H3. The molecule has 2 aromatic rings. The molecule has 146 valence electrons. The zero-order chi connectivity index (χ0) is 19.0. The number of nitrogens with zero attached hydrogens (tertiary/aromatic N) is 5. The van der Waals surface area contributed by atoms with Gasteiger partial charge in [0.2, 0.25) is 15.9 Å². The Labute approximate surface area is 157 Å². The third-order valence-corrected chi connectivity index (χ3v) is 7.25. The molecule has 1 fully saturated rings. The van der Waals surface area contributed by atoms with Gasteiger partial charge >= 0.3 is 0 Å². The second-order valence-corrected chi connectivity index (χ2v) is 9.37. The lowest BCUT2D eigenvalue weighted by Gasteiger charge is -2.26. The van der Waals surface area contributed by atoms with E-state index in [1.54, 1.807) is 6.92 Å². The summed E-state index contributed by atoms with van der Waals surface area (Å²) >= 11 is 0. The van der Waals surface area contributed by atoms with E-state index in [1.165, 1.54) is 28.0 Å². The average molecular weight is 393 g/mol. The van der Waals surface area contributed by atoms with E-state index in [4.69, 9.17) is 4.52 Å². The van der Waals surface area contributed by atoms with Gasteiger partial charge in [0, 0.05) is 18.0 Å². The van der Waals surface area contributed by atoms with Gasteiger partial charge in [0.05, 0.1) is 24.3 Å². The van der Waals surface area contributed by atoms with Gasteiger partial charge in [0.15, 0.2) is 5.82 Å². The molecule has 0 spiro atoms. The predicted molar refractivity (Wildman–Crippen MR) is 96.7 cm³/mol. The molecule has 27 heavy (non-hydrogen) atoms. The van der Waals surface area contributed by atoms with Gasteiger partial charge in [0.1, 0.15) is 6.54 Å². The molecule has 0 saturated heterocycles. The normalized spacial score (nSPS) is 18.7. The molecular weight excluding hydrogens is 370 g/mol. The first-order valence-electron chi connectivity index (χ1n) is 9.35. The Morgan fingerprint density at radius 2 is 2.07 bits per heavy atom. The van der Waals surface area contributed by atoms with E-state index in [9.17, 15) is 13.2 Å². The van der Waals surface area contributed by atoms with Gasteiger partial charge in [-0.25, -0.2) is 13.4 Å². The summed E-state index contributed by atoms with van der Waals surface area (Å²) in [7, 11) is -3.29. The molecule has 0 N–H and O–H groups in total. The van der Waals surface area contributed by atoms with E-state index in [0.29, 0.717) is 36.0 Å². The minimum Gasteiger partial charge on any atom is -0.337 e. The van der Waals surface area contributed by atoms with Crippen LogP contribution < -0.4 is 5.56 Å². The zero-order valence-electron chi connectivity index (χ0n) is 15.3. The minimum atomic E-state index is -3.29. The van der Waals surface area contributed by atoms with E-state index < -0.39 is 10.0 Å². The maximum Gasteiger partial charge on any atom is 0.257 e. The number of fused-ring (bicyclic) bond motifs is 1. The number of aromatic nitrogens is 4. The smallest absolute Gasteiger partial charge is 0.257 e. The fourth-order valence-electron chi connectivity index (χ4n) is 3.80. The van der Waals surface area contributed by atoms with Gasteiger partial charge in [-0.3, -0.25) is 9.36 Å².